The number of pyridine rings is 1. The molecule has 0 bridgehead atoms. The summed E-state index contributed by atoms with van der Waals surface area (Å²) in [5.41, 5.74) is 2.23. The van der Waals surface area contributed by atoms with Crippen molar-refractivity contribution in [2.75, 3.05) is 12.3 Å². The maximum Gasteiger partial charge on any atom is 0.220 e. The van der Waals surface area contributed by atoms with Crippen LogP contribution in [0.5, 0.6) is 0 Å². The molecule has 0 unspecified atom stereocenters. The number of benzene rings is 1. The van der Waals surface area contributed by atoms with Crippen molar-refractivity contribution in [2.45, 2.75) is 24.4 Å². The first kappa shape index (κ1) is 19.1. The quantitative estimate of drug-likeness (QED) is 0.455. The minimum atomic E-state index is 0.0686. The van der Waals surface area contributed by atoms with Crippen molar-refractivity contribution in [3.8, 4) is 11.4 Å². The molecule has 3 aromatic rings. The Hall–Kier alpha value is -2.67. The summed E-state index contributed by atoms with van der Waals surface area (Å²) < 4.78 is 1.96. The monoisotopic (exact) mass is 381 g/mol. The molecule has 0 saturated carbocycles. The Morgan fingerprint density at radius 1 is 1.15 bits per heavy atom. The Bertz CT molecular complexity index is 851. The van der Waals surface area contributed by atoms with E-state index in [9.17, 15) is 4.79 Å². The van der Waals surface area contributed by atoms with E-state index in [1.165, 1.54) is 5.56 Å². The predicted molar refractivity (Wildman–Crippen MR) is 107 cm³/mol. The third kappa shape index (κ3) is 5.65. The summed E-state index contributed by atoms with van der Waals surface area (Å²) in [5.74, 6) is 1.58. The zero-order valence-electron chi connectivity index (χ0n) is 15.3. The van der Waals surface area contributed by atoms with Crippen LogP contribution in [0.4, 0.5) is 0 Å². The van der Waals surface area contributed by atoms with E-state index < -0.39 is 0 Å². The van der Waals surface area contributed by atoms with Crippen molar-refractivity contribution >= 4 is 17.7 Å². The first-order valence-corrected chi connectivity index (χ1v) is 9.96. The Morgan fingerprint density at radius 2 is 2.00 bits per heavy atom. The van der Waals surface area contributed by atoms with E-state index in [-0.39, 0.29) is 5.91 Å². The highest BCUT2D eigenvalue weighted by Gasteiger charge is 2.11. The molecule has 3 rings (SSSR count). The third-order valence-corrected chi connectivity index (χ3v) is 5.14. The average molecular weight is 382 g/mol. The van der Waals surface area contributed by atoms with Crippen LogP contribution in [0.25, 0.3) is 11.4 Å². The maximum atomic E-state index is 12.0. The minimum absolute atomic E-state index is 0.0686. The molecule has 1 amide bonds. The van der Waals surface area contributed by atoms with Gasteiger partial charge in [0.15, 0.2) is 11.0 Å². The summed E-state index contributed by atoms with van der Waals surface area (Å²) in [6, 6.07) is 13.9. The molecule has 0 spiro atoms. The van der Waals surface area contributed by atoms with E-state index in [4.69, 9.17) is 0 Å². The van der Waals surface area contributed by atoms with Gasteiger partial charge in [-0.15, -0.1) is 10.2 Å². The minimum Gasteiger partial charge on any atom is -0.356 e. The average Bonchev–Trinajstić information content (AvgIpc) is 3.07. The lowest BCUT2D eigenvalue weighted by Gasteiger charge is -2.06. The fourth-order valence-electron chi connectivity index (χ4n) is 2.67. The normalized spacial score (nSPS) is 10.7. The highest BCUT2D eigenvalue weighted by atomic mass is 32.2. The molecule has 0 saturated heterocycles. The highest BCUT2D eigenvalue weighted by molar-refractivity contribution is 7.99. The van der Waals surface area contributed by atoms with Crippen LogP contribution in [-0.2, 0) is 18.3 Å². The number of carbonyl (C=O) groups excluding carboxylic acids is 1. The van der Waals surface area contributed by atoms with E-state index in [2.05, 4.69) is 26.6 Å². The summed E-state index contributed by atoms with van der Waals surface area (Å²) >= 11 is 1.55. The van der Waals surface area contributed by atoms with Crippen LogP contribution in [0.15, 0.2) is 60.0 Å². The first-order valence-electron chi connectivity index (χ1n) is 8.97. The molecule has 0 aliphatic carbocycles. The van der Waals surface area contributed by atoms with Crippen molar-refractivity contribution in [2.24, 2.45) is 7.05 Å². The van der Waals surface area contributed by atoms with Gasteiger partial charge in [0.1, 0.15) is 0 Å². The molecule has 0 aliphatic heterocycles. The zero-order chi connectivity index (χ0) is 18.9. The number of aromatic nitrogens is 4. The van der Waals surface area contributed by atoms with Crippen molar-refractivity contribution < 1.29 is 4.79 Å². The second-order valence-corrected chi connectivity index (χ2v) is 7.21. The SMILES string of the molecule is Cn1c(SCCC(=O)NCCCc2cccnc2)nnc1-c1ccccc1. The van der Waals surface area contributed by atoms with Gasteiger partial charge in [0, 0.05) is 43.7 Å². The van der Waals surface area contributed by atoms with Crippen LogP contribution in [0.3, 0.4) is 0 Å². The van der Waals surface area contributed by atoms with Gasteiger partial charge in [0.2, 0.25) is 5.91 Å². The van der Waals surface area contributed by atoms with Gasteiger partial charge in [-0.3, -0.25) is 9.78 Å². The predicted octanol–water partition coefficient (Wildman–Crippen LogP) is 3.11. The molecule has 7 heteroatoms. The number of thioether (sulfide) groups is 1. The number of aryl methyl sites for hydroxylation is 1. The van der Waals surface area contributed by atoms with Crippen molar-refractivity contribution in [3.05, 3.63) is 60.4 Å². The topological polar surface area (TPSA) is 72.7 Å². The van der Waals surface area contributed by atoms with Gasteiger partial charge in [0.25, 0.3) is 0 Å². The lowest BCUT2D eigenvalue weighted by atomic mass is 10.1. The molecule has 2 aromatic heterocycles. The molecule has 6 nitrogen and oxygen atoms in total. The second-order valence-electron chi connectivity index (χ2n) is 6.14. The number of nitrogens with zero attached hydrogens (tertiary/aromatic N) is 4. The summed E-state index contributed by atoms with van der Waals surface area (Å²) in [6.07, 6.45) is 5.93. The number of rotatable bonds is 9. The van der Waals surface area contributed by atoms with Crippen LogP contribution in [0.2, 0.25) is 0 Å². The lowest BCUT2D eigenvalue weighted by Crippen LogP contribution is -2.25. The Morgan fingerprint density at radius 3 is 2.78 bits per heavy atom. The number of hydrogen-bond acceptors (Lipinski definition) is 5. The molecule has 27 heavy (non-hydrogen) atoms. The Labute approximate surface area is 163 Å². The maximum absolute atomic E-state index is 12.0. The highest BCUT2D eigenvalue weighted by Crippen LogP contribution is 2.22. The molecule has 1 aromatic carbocycles. The number of hydrogen-bond donors (Lipinski definition) is 1. The summed E-state index contributed by atoms with van der Waals surface area (Å²) in [4.78, 5) is 16.1. The molecule has 2 heterocycles. The molecule has 0 aliphatic rings. The van der Waals surface area contributed by atoms with Crippen LogP contribution in [-0.4, -0.2) is 38.0 Å². The van der Waals surface area contributed by atoms with E-state index in [0.717, 1.165) is 29.4 Å². The van der Waals surface area contributed by atoms with Crippen LogP contribution >= 0.6 is 11.8 Å². The number of amides is 1. The molecule has 0 atom stereocenters. The van der Waals surface area contributed by atoms with Crippen LogP contribution in [0.1, 0.15) is 18.4 Å². The van der Waals surface area contributed by atoms with E-state index in [0.29, 0.717) is 18.7 Å². The van der Waals surface area contributed by atoms with Crippen molar-refractivity contribution in [1.82, 2.24) is 25.1 Å². The van der Waals surface area contributed by atoms with Gasteiger partial charge >= 0.3 is 0 Å². The largest absolute Gasteiger partial charge is 0.356 e. The first-order chi connectivity index (χ1) is 13.2. The van der Waals surface area contributed by atoms with E-state index >= 15 is 0 Å². The van der Waals surface area contributed by atoms with Gasteiger partial charge in [0.05, 0.1) is 0 Å². The van der Waals surface area contributed by atoms with Gasteiger partial charge in [-0.25, -0.2) is 0 Å². The van der Waals surface area contributed by atoms with Gasteiger partial charge in [-0.2, -0.15) is 0 Å². The van der Waals surface area contributed by atoms with Crippen molar-refractivity contribution in [1.29, 1.82) is 0 Å². The molecule has 1 N–H and O–H groups in total. The third-order valence-electron chi connectivity index (χ3n) is 4.11. The van der Waals surface area contributed by atoms with E-state index in [1.807, 2.05) is 54.2 Å². The Kier molecular flexibility index (Phi) is 6.98. The standard InChI is InChI=1S/C20H23N5OS/c1-25-19(17-9-3-2-4-10-17)23-24-20(25)27-14-11-18(26)22-13-6-8-16-7-5-12-21-15-16/h2-5,7,9-10,12,15H,6,8,11,13-14H2,1H3,(H,22,26). The summed E-state index contributed by atoms with van der Waals surface area (Å²) in [6.45, 7) is 0.681. The zero-order valence-corrected chi connectivity index (χ0v) is 16.2. The van der Waals surface area contributed by atoms with Gasteiger partial charge in [-0.05, 0) is 24.5 Å². The van der Waals surface area contributed by atoms with Crippen molar-refractivity contribution in [3.63, 3.8) is 0 Å². The second kappa shape index (κ2) is 9.87. The number of nitrogens with one attached hydrogen (secondary N) is 1. The molecule has 0 fully saturated rings. The van der Waals surface area contributed by atoms with Crippen LogP contribution < -0.4 is 5.32 Å². The van der Waals surface area contributed by atoms with Gasteiger partial charge in [-0.1, -0.05) is 48.2 Å². The fraction of sp³-hybridized carbons (Fsp3) is 0.300. The van der Waals surface area contributed by atoms with E-state index in [1.54, 1.807) is 18.0 Å². The molecule has 140 valence electrons. The molecular weight excluding hydrogens is 358 g/mol. The molecular formula is C20H23N5OS. The summed E-state index contributed by atoms with van der Waals surface area (Å²) in [7, 11) is 1.95. The Balaban J connectivity index is 1.37. The van der Waals surface area contributed by atoms with Crippen LogP contribution in [0, 0.1) is 0 Å². The fourth-order valence-corrected chi connectivity index (χ4v) is 3.52. The van der Waals surface area contributed by atoms with Gasteiger partial charge < -0.3 is 9.88 Å². The lowest BCUT2D eigenvalue weighted by molar-refractivity contribution is -0.120. The smallest absolute Gasteiger partial charge is 0.220 e. The molecule has 0 radical (unpaired) electrons. The summed E-state index contributed by atoms with van der Waals surface area (Å²) in [5, 5.41) is 12.3. The number of carbonyl (C=O) groups is 1.